The minimum Gasteiger partial charge on any atom is -0.496 e. The van der Waals surface area contributed by atoms with Crippen LogP contribution in [-0.2, 0) is 22.9 Å². The minimum absolute atomic E-state index is 0.00221. The molecule has 1 aliphatic rings. The van der Waals surface area contributed by atoms with Gasteiger partial charge in [0.05, 0.1) is 27.7 Å². The molecular weight excluding hydrogens is 383 g/mol. The Morgan fingerprint density at radius 2 is 1.92 bits per heavy atom. The van der Waals surface area contributed by atoms with Gasteiger partial charge in [0.1, 0.15) is 5.75 Å². The Morgan fingerprint density at radius 3 is 2.60 bits per heavy atom. The smallest absolute Gasteiger partial charge is 0.262 e. The van der Waals surface area contributed by atoms with E-state index in [9.17, 15) is 8.42 Å². The number of nitrogens with one attached hydrogen (secondary N) is 1. The van der Waals surface area contributed by atoms with Crippen LogP contribution in [0.15, 0.2) is 35.2 Å². The number of fused-ring (bicyclic) bond motifs is 1. The number of benzene rings is 2. The summed E-state index contributed by atoms with van der Waals surface area (Å²) in [4.78, 5) is 0.237. The highest BCUT2D eigenvalue weighted by Crippen LogP contribution is 2.35. The van der Waals surface area contributed by atoms with Gasteiger partial charge in [0.25, 0.3) is 10.0 Å². The van der Waals surface area contributed by atoms with Gasteiger partial charge in [-0.15, -0.1) is 0 Å². The van der Waals surface area contributed by atoms with Gasteiger partial charge in [-0.1, -0.05) is 23.2 Å². The second-order valence-corrected chi connectivity index (χ2v) is 8.43. The SMILES string of the molecule is COc1ccc(S(=O)(=O)Nc2ccc(Cl)c(Cl)c2)c2c1CC(N)CC2. The van der Waals surface area contributed by atoms with Crippen molar-refractivity contribution in [3.05, 3.63) is 51.5 Å². The molecule has 0 bridgehead atoms. The van der Waals surface area contributed by atoms with Crippen LogP contribution in [0.5, 0.6) is 5.75 Å². The zero-order valence-corrected chi connectivity index (χ0v) is 15.9. The number of halogens is 2. The summed E-state index contributed by atoms with van der Waals surface area (Å²) < 4.78 is 33.7. The van der Waals surface area contributed by atoms with Gasteiger partial charge in [0, 0.05) is 11.6 Å². The summed E-state index contributed by atoms with van der Waals surface area (Å²) in [6.07, 6.45) is 1.91. The number of rotatable bonds is 4. The molecule has 1 atom stereocenters. The molecule has 0 fully saturated rings. The van der Waals surface area contributed by atoms with E-state index in [1.165, 1.54) is 6.07 Å². The van der Waals surface area contributed by atoms with Crippen LogP contribution >= 0.6 is 23.2 Å². The molecule has 1 unspecified atom stereocenters. The van der Waals surface area contributed by atoms with E-state index in [0.717, 1.165) is 17.5 Å². The summed E-state index contributed by atoms with van der Waals surface area (Å²) in [6.45, 7) is 0. The highest BCUT2D eigenvalue weighted by molar-refractivity contribution is 7.92. The number of ether oxygens (including phenoxy) is 1. The standard InChI is InChI=1S/C17H18Cl2N2O3S/c1-24-16-6-7-17(12-4-2-10(20)8-13(12)16)25(22,23)21-11-3-5-14(18)15(19)9-11/h3,5-7,9-10,21H,2,4,8,20H2,1H3. The molecule has 0 heterocycles. The van der Waals surface area contributed by atoms with E-state index in [-0.39, 0.29) is 16.0 Å². The lowest BCUT2D eigenvalue weighted by Crippen LogP contribution is -2.29. The largest absolute Gasteiger partial charge is 0.496 e. The van der Waals surface area contributed by atoms with Crippen molar-refractivity contribution in [3.8, 4) is 5.75 Å². The fourth-order valence-corrected chi connectivity index (χ4v) is 4.70. The van der Waals surface area contributed by atoms with E-state index < -0.39 is 10.0 Å². The molecule has 0 aromatic heterocycles. The van der Waals surface area contributed by atoms with Crippen LogP contribution in [0.25, 0.3) is 0 Å². The van der Waals surface area contributed by atoms with Crippen molar-refractivity contribution in [3.63, 3.8) is 0 Å². The summed E-state index contributed by atoms with van der Waals surface area (Å²) in [6, 6.07) is 7.83. The van der Waals surface area contributed by atoms with Crippen molar-refractivity contribution in [2.24, 2.45) is 5.73 Å². The Balaban J connectivity index is 2.02. The monoisotopic (exact) mass is 400 g/mol. The third-order valence-electron chi connectivity index (χ3n) is 4.26. The first-order valence-corrected chi connectivity index (χ1v) is 9.98. The summed E-state index contributed by atoms with van der Waals surface area (Å²) in [7, 11) is -2.21. The van der Waals surface area contributed by atoms with E-state index >= 15 is 0 Å². The number of anilines is 1. The maximum absolute atomic E-state index is 12.9. The zero-order chi connectivity index (χ0) is 18.2. The van der Waals surface area contributed by atoms with Gasteiger partial charge < -0.3 is 10.5 Å². The predicted molar refractivity (Wildman–Crippen MR) is 100 cm³/mol. The molecule has 2 aromatic rings. The first-order chi connectivity index (χ1) is 11.8. The Morgan fingerprint density at radius 1 is 1.16 bits per heavy atom. The number of nitrogens with two attached hydrogens (primary N) is 1. The van der Waals surface area contributed by atoms with Crippen LogP contribution in [-0.4, -0.2) is 21.6 Å². The number of sulfonamides is 1. The Kier molecular flexibility index (Phi) is 5.16. The second kappa shape index (κ2) is 7.03. The fourth-order valence-electron chi connectivity index (χ4n) is 3.05. The number of hydrogen-bond acceptors (Lipinski definition) is 4. The van der Waals surface area contributed by atoms with Crippen molar-refractivity contribution >= 4 is 38.9 Å². The van der Waals surface area contributed by atoms with Crippen molar-refractivity contribution in [2.45, 2.75) is 30.2 Å². The van der Waals surface area contributed by atoms with Gasteiger partial charge in [-0.2, -0.15) is 0 Å². The van der Waals surface area contributed by atoms with Crippen molar-refractivity contribution in [1.82, 2.24) is 0 Å². The maximum Gasteiger partial charge on any atom is 0.262 e. The van der Waals surface area contributed by atoms with E-state index in [4.69, 9.17) is 33.7 Å². The molecule has 3 N–H and O–H groups in total. The number of hydrogen-bond donors (Lipinski definition) is 2. The van der Waals surface area contributed by atoms with Gasteiger partial charge in [-0.3, -0.25) is 4.72 Å². The van der Waals surface area contributed by atoms with Crippen molar-refractivity contribution in [1.29, 1.82) is 0 Å². The average molecular weight is 401 g/mol. The van der Waals surface area contributed by atoms with Gasteiger partial charge >= 0.3 is 0 Å². The molecule has 0 spiro atoms. The summed E-state index contributed by atoms with van der Waals surface area (Å²) >= 11 is 11.8. The molecule has 0 radical (unpaired) electrons. The van der Waals surface area contributed by atoms with Gasteiger partial charge in [0.2, 0.25) is 0 Å². The summed E-state index contributed by atoms with van der Waals surface area (Å²) in [5.41, 5.74) is 8.01. The predicted octanol–water partition coefficient (Wildman–Crippen LogP) is 3.62. The normalized spacial score (nSPS) is 17.0. The molecule has 3 rings (SSSR count). The zero-order valence-electron chi connectivity index (χ0n) is 13.6. The van der Waals surface area contributed by atoms with Crippen molar-refractivity contribution < 1.29 is 13.2 Å². The molecule has 0 saturated heterocycles. The van der Waals surface area contributed by atoms with Gasteiger partial charge in [-0.05, 0) is 55.2 Å². The molecular formula is C17H18Cl2N2O3S. The Hall–Kier alpha value is -1.47. The maximum atomic E-state index is 12.9. The fraction of sp³-hybridized carbons (Fsp3) is 0.294. The van der Waals surface area contributed by atoms with Crippen LogP contribution in [0.1, 0.15) is 17.5 Å². The summed E-state index contributed by atoms with van der Waals surface area (Å²) in [5, 5.41) is 0.644. The van der Waals surface area contributed by atoms with Crippen LogP contribution in [0.4, 0.5) is 5.69 Å². The molecule has 0 saturated carbocycles. The average Bonchev–Trinajstić information content (AvgIpc) is 2.56. The van der Waals surface area contributed by atoms with E-state index in [1.807, 2.05) is 0 Å². The Labute approximate surface area is 157 Å². The molecule has 25 heavy (non-hydrogen) atoms. The van der Waals surface area contributed by atoms with E-state index in [0.29, 0.717) is 29.3 Å². The first kappa shape index (κ1) is 18.3. The third kappa shape index (κ3) is 3.72. The topological polar surface area (TPSA) is 81.4 Å². The van der Waals surface area contributed by atoms with Gasteiger partial charge in [-0.25, -0.2) is 8.42 Å². The highest BCUT2D eigenvalue weighted by Gasteiger charge is 2.27. The molecule has 0 amide bonds. The molecule has 0 aliphatic heterocycles. The minimum atomic E-state index is -3.77. The van der Waals surface area contributed by atoms with Crippen molar-refractivity contribution in [2.75, 3.05) is 11.8 Å². The Bertz CT molecular complexity index is 916. The quantitative estimate of drug-likeness (QED) is 0.820. The van der Waals surface area contributed by atoms with Crippen LogP contribution in [0, 0.1) is 0 Å². The van der Waals surface area contributed by atoms with Crippen LogP contribution < -0.4 is 15.2 Å². The van der Waals surface area contributed by atoms with Gasteiger partial charge in [0.15, 0.2) is 0 Å². The molecule has 1 aliphatic carbocycles. The van der Waals surface area contributed by atoms with Crippen LogP contribution in [0.2, 0.25) is 10.0 Å². The molecule has 134 valence electrons. The van der Waals surface area contributed by atoms with Crippen LogP contribution in [0.3, 0.4) is 0 Å². The molecule has 5 nitrogen and oxygen atoms in total. The number of methoxy groups -OCH3 is 1. The lowest BCUT2D eigenvalue weighted by atomic mass is 9.88. The lowest BCUT2D eigenvalue weighted by molar-refractivity contribution is 0.402. The summed E-state index contributed by atoms with van der Waals surface area (Å²) in [5.74, 6) is 0.665. The van der Waals surface area contributed by atoms with E-state index in [2.05, 4.69) is 4.72 Å². The first-order valence-electron chi connectivity index (χ1n) is 7.74. The third-order valence-corrected chi connectivity index (χ3v) is 6.46. The second-order valence-electron chi connectivity index (χ2n) is 5.96. The lowest BCUT2D eigenvalue weighted by Gasteiger charge is -2.25. The molecule has 8 heteroatoms. The highest BCUT2D eigenvalue weighted by atomic mass is 35.5. The molecule has 2 aromatic carbocycles. The van der Waals surface area contributed by atoms with E-state index in [1.54, 1.807) is 31.4 Å².